The molecule has 8 nitrogen and oxygen atoms in total. The molecule has 1 aromatic heterocycles. The van der Waals surface area contributed by atoms with Gasteiger partial charge in [0.1, 0.15) is 11.9 Å². The number of carbonyl (C=O) groups excluding carboxylic acids is 2. The average molecular weight is 656 g/mol. The van der Waals surface area contributed by atoms with Gasteiger partial charge in [0.2, 0.25) is 11.8 Å². The maximum Gasteiger partial charge on any atom is 0.249 e. The van der Waals surface area contributed by atoms with Crippen LogP contribution in [0.5, 0.6) is 0 Å². The predicted molar refractivity (Wildman–Crippen MR) is 195 cm³/mol. The van der Waals surface area contributed by atoms with Crippen LogP contribution in [0.2, 0.25) is 0 Å². The maximum absolute atomic E-state index is 14.2. The third-order valence-electron chi connectivity index (χ3n) is 9.02. The van der Waals surface area contributed by atoms with E-state index < -0.39 is 11.6 Å². The smallest absolute Gasteiger partial charge is 0.249 e. The highest BCUT2D eigenvalue weighted by molar-refractivity contribution is 6.00. The van der Waals surface area contributed by atoms with E-state index in [2.05, 4.69) is 63.1 Å². The number of aryl methyl sites for hydroxylation is 1. The molecule has 0 saturated heterocycles. The van der Waals surface area contributed by atoms with Gasteiger partial charge in [-0.15, -0.1) is 0 Å². The molecule has 0 aliphatic carbocycles. The number of fused-ring (bicyclic) bond motifs is 1. The quantitative estimate of drug-likeness (QED) is 0.126. The van der Waals surface area contributed by atoms with E-state index in [4.69, 9.17) is 4.74 Å². The lowest BCUT2D eigenvalue weighted by molar-refractivity contribution is -0.128. The van der Waals surface area contributed by atoms with Gasteiger partial charge < -0.3 is 25.3 Å². The Kier molecular flexibility index (Phi) is 10.7. The topological polar surface area (TPSA) is 99.4 Å². The van der Waals surface area contributed by atoms with Crippen LogP contribution in [0.15, 0.2) is 116 Å². The number of para-hydroxylation sites is 1. The molecule has 5 aromatic rings. The third kappa shape index (κ3) is 8.71. The maximum atomic E-state index is 14.2. The fraction of sp³-hybridized carbons (Fsp3) is 0.293. The lowest BCUT2D eigenvalue weighted by Crippen LogP contribution is -2.51. The minimum atomic E-state index is -0.622. The average Bonchev–Trinajstić information content (AvgIpc) is 3.62. The molecule has 1 aliphatic heterocycles. The van der Waals surface area contributed by atoms with Crippen LogP contribution in [-0.4, -0.2) is 46.0 Å². The molecular weight excluding hydrogens is 610 g/mol. The van der Waals surface area contributed by atoms with E-state index >= 15 is 0 Å². The van der Waals surface area contributed by atoms with Crippen LogP contribution >= 0.6 is 0 Å². The zero-order chi connectivity index (χ0) is 34.2. The molecule has 4 aromatic carbocycles. The van der Waals surface area contributed by atoms with E-state index in [1.807, 2.05) is 92.5 Å². The zero-order valence-corrected chi connectivity index (χ0v) is 28.5. The number of aromatic nitrogens is 2. The first-order valence-corrected chi connectivity index (χ1v) is 17.0. The number of H-pyrrole nitrogens is 1. The van der Waals surface area contributed by atoms with Crippen LogP contribution in [0.3, 0.4) is 0 Å². The number of benzene rings is 4. The highest BCUT2D eigenvalue weighted by Gasteiger charge is 2.33. The van der Waals surface area contributed by atoms with Crippen molar-refractivity contribution in [2.24, 2.45) is 0 Å². The van der Waals surface area contributed by atoms with Crippen molar-refractivity contribution in [1.29, 1.82) is 0 Å². The first-order valence-electron chi connectivity index (χ1n) is 17.0. The van der Waals surface area contributed by atoms with E-state index in [9.17, 15) is 9.59 Å². The molecule has 2 amide bonds. The SMILES string of the molecule is C[C@H](CNC(C)(C)CC(=O)N[C@@H]1CCc2ccccc2N(Cc2ccc(-c3ccccc3-c3ncc[nH]3)cc2)C1=O)OCc1ccccc1. The monoisotopic (exact) mass is 655 g/mol. The van der Waals surface area contributed by atoms with Crippen molar-refractivity contribution in [3.8, 4) is 22.5 Å². The van der Waals surface area contributed by atoms with Gasteiger partial charge in [0.25, 0.3) is 0 Å². The molecule has 0 radical (unpaired) electrons. The summed E-state index contributed by atoms with van der Waals surface area (Å²) in [4.78, 5) is 37.0. The summed E-state index contributed by atoms with van der Waals surface area (Å²) in [6, 6.07) is 34.0. The second kappa shape index (κ2) is 15.4. The summed E-state index contributed by atoms with van der Waals surface area (Å²) in [6.45, 7) is 7.57. The summed E-state index contributed by atoms with van der Waals surface area (Å²) in [7, 11) is 0. The summed E-state index contributed by atoms with van der Waals surface area (Å²) in [5.41, 5.74) is 6.81. The molecule has 0 bridgehead atoms. The Balaban J connectivity index is 1.10. The van der Waals surface area contributed by atoms with Crippen molar-refractivity contribution in [3.63, 3.8) is 0 Å². The van der Waals surface area contributed by atoms with Crippen molar-refractivity contribution in [2.45, 2.75) is 70.9 Å². The van der Waals surface area contributed by atoms with Gasteiger partial charge in [-0.05, 0) is 67.5 Å². The summed E-state index contributed by atoms with van der Waals surface area (Å²) >= 11 is 0. The normalized spacial score (nSPS) is 15.4. The third-order valence-corrected chi connectivity index (χ3v) is 9.02. The van der Waals surface area contributed by atoms with Gasteiger partial charge in [0, 0.05) is 42.1 Å². The number of ether oxygens (including phenoxy) is 1. The molecule has 252 valence electrons. The molecule has 49 heavy (non-hydrogen) atoms. The van der Waals surface area contributed by atoms with Crippen molar-refractivity contribution in [2.75, 3.05) is 11.4 Å². The summed E-state index contributed by atoms with van der Waals surface area (Å²) in [6.07, 6.45) is 5.02. The highest BCUT2D eigenvalue weighted by Crippen LogP contribution is 2.32. The molecule has 0 spiro atoms. The Morgan fingerprint density at radius 3 is 2.41 bits per heavy atom. The number of aromatic amines is 1. The minimum Gasteiger partial charge on any atom is -0.373 e. The second-order valence-corrected chi connectivity index (χ2v) is 13.4. The molecule has 0 unspecified atom stereocenters. The number of nitrogens with zero attached hydrogens (tertiary/aromatic N) is 2. The van der Waals surface area contributed by atoms with E-state index in [0.29, 0.717) is 32.5 Å². The Bertz CT molecular complexity index is 1840. The standard InChI is InChI=1S/C41H45N5O3/c1-29(49-28-31-11-5-4-6-12-31)26-44-41(2,3)25-38(47)45-36-22-21-33-13-7-10-16-37(33)46(40(36)48)27-30-17-19-32(20-18-30)34-14-8-9-15-35(34)39-42-23-24-43-39/h4-20,23-24,29,36,44H,21-22,25-28H2,1-3H3,(H,42,43)(H,45,47)/t29-,36-/m1/s1. The molecular formula is C41H45N5O3. The van der Waals surface area contributed by atoms with Gasteiger partial charge in [-0.1, -0.05) is 97.1 Å². The molecule has 2 heterocycles. The Hall–Kier alpha value is -5.05. The molecule has 2 atom stereocenters. The van der Waals surface area contributed by atoms with Gasteiger partial charge in [0.05, 0.1) is 19.3 Å². The van der Waals surface area contributed by atoms with Gasteiger partial charge in [0.15, 0.2) is 0 Å². The molecule has 8 heteroatoms. The van der Waals surface area contributed by atoms with Crippen LogP contribution in [-0.2, 0) is 33.9 Å². The van der Waals surface area contributed by atoms with E-state index in [1.54, 1.807) is 6.20 Å². The van der Waals surface area contributed by atoms with Crippen LogP contribution < -0.4 is 15.5 Å². The second-order valence-electron chi connectivity index (χ2n) is 13.4. The number of amides is 2. The highest BCUT2D eigenvalue weighted by atomic mass is 16.5. The Morgan fingerprint density at radius 1 is 0.939 bits per heavy atom. The van der Waals surface area contributed by atoms with Crippen molar-refractivity contribution in [3.05, 3.63) is 132 Å². The lowest BCUT2D eigenvalue weighted by atomic mass is 9.98. The summed E-state index contributed by atoms with van der Waals surface area (Å²) in [5, 5.41) is 6.57. The minimum absolute atomic E-state index is 0.0298. The molecule has 6 rings (SSSR count). The summed E-state index contributed by atoms with van der Waals surface area (Å²) < 4.78 is 6.00. The van der Waals surface area contributed by atoms with Crippen LogP contribution in [0.4, 0.5) is 5.69 Å². The molecule has 0 saturated carbocycles. The molecule has 1 aliphatic rings. The predicted octanol–water partition coefficient (Wildman–Crippen LogP) is 7.07. The fourth-order valence-electron chi connectivity index (χ4n) is 6.34. The molecule has 3 N–H and O–H groups in total. The van der Waals surface area contributed by atoms with Crippen molar-refractivity contribution < 1.29 is 14.3 Å². The first-order chi connectivity index (χ1) is 23.8. The largest absolute Gasteiger partial charge is 0.373 e. The van der Waals surface area contributed by atoms with E-state index in [1.165, 1.54) is 0 Å². The number of nitrogens with one attached hydrogen (secondary N) is 3. The number of hydrogen-bond donors (Lipinski definition) is 3. The van der Waals surface area contributed by atoms with Gasteiger partial charge in [-0.3, -0.25) is 9.59 Å². The number of carbonyl (C=O) groups is 2. The first kappa shape index (κ1) is 33.8. The van der Waals surface area contributed by atoms with Crippen molar-refractivity contribution >= 4 is 17.5 Å². The van der Waals surface area contributed by atoms with Crippen molar-refractivity contribution in [1.82, 2.24) is 20.6 Å². The Morgan fingerprint density at radius 2 is 1.65 bits per heavy atom. The van der Waals surface area contributed by atoms with Crippen LogP contribution in [0, 0.1) is 0 Å². The van der Waals surface area contributed by atoms with E-state index in [0.717, 1.165) is 44.9 Å². The lowest BCUT2D eigenvalue weighted by Gasteiger charge is -2.30. The number of imidazole rings is 1. The van der Waals surface area contributed by atoms with Crippen LogP contribution in [0.25, 0.3) is 22.5 Å². The summed E-state index contributed by atoms with van der Waals surface area (Å²) in [5.74, 6) is 0.569. The number of anilines is 1. The van der Waals surface area contributed by atoms with Gasteiger partial charge in [-0.2, -0.15) is 0 Å². The molecule has 0 fully saturated rings. The Labute approximate surface area is 288 Å². The van der Waals surface area contributed by atoms with Gasteiger partial charge >= 0.3 is 0 Å². The fourth-order valence-corrected chi connectivity index (χ4v) is 6.34. The zero-order valence-electron chi connectivity index (χ0n) is 28.5. The van der Waals surface area contributed by atoms with Gasteiger partial charge in [-0.25, -0.2) is 4.98 Å². The van der Waals surface area contributed by atoms with Crippen LogP contribution in [0.1, 0.15) is 50.3 Å². The number of rotatable bonds is 13. The number of hydrogen-bond acceptors (Lipinski definition) is 5. The van der Waals surface area contributed by atoms with E-state index in [-0.39, 0.29) is 24.3 Å².